The molecule has 0 bridgehead atoms. The van der Waals surface area contributed by atoms with Crippen molar-refractivity contribution in [2.45, 2.75) is 0 Å². The summed E-state index contributed by atoms with van der Waals surface area (Å²) in [6.45, 7) is 10.6. The maximum absolute atomic E-state index is 8.02. The summed E-state index contributed by atoms with van der Waals surface area (Å²) >= 11 is 5.48. The largest absolute Gasteiger partial charge is 0.463 e. The number of ether oxygens (including phenoxy) is 1. The van der Waals surface area contributed by atoms with Gasteiger partial charge in [0.15, 0.2) is 0 Å². The van der Waals surface area contributed by atoms with Gasteiger partial charge in [-0.3, -0.25) is 0 Å². The van der Waals surface area contributed by atoms with Gasteiger partial charge in [-0.1, -0.05) is 36.5 Å². The van der Waals surface area contributed by atoms with Crippen molar-refractivity contribution < 1.29 is 4.74 Å². The summed E-state index contributed by atoms with van der Waals surface area (Å²) in [5.74, 6) is 0.669. The van der Waals surface area contributed by atoms with E-state index in [1.807, 2.05) is 0 Å². The van der Waals surface area contributed by atoms with Crippen LogP contribution in [-0.4, -0.2) is 6.54 Å². The number of rotatable bonds is 6. The van der Waals surface area contributed by atoms with Gasteiger partial charge in [0.05, 0.1) is 6.54 Å². The molecule has 0 aromatic rings. The smallest absolute Gasteiger partial charge is 0.119 e. The SMILES string of the molecule is C=C(Cl)/C=C\C(=C)OC(=C)CN=[N+]=[N-]. The molecule has 0 rings (SSSR count). The van der Waals surface area contributed by atoms with Crippen molar-refractivity contribution in [1.82, 2.24) is 0 Å². The minimum Gasteiger partial charge on any atom is -0.463 e. The van der Waals surface area contributed by atoms with Gasteiger partial charge in [0.1, 0.15) is 11.5 Å². The zero-order valence-electron chi connectivity index (χ0n) is 7.61. The Morgan fingerprint density at radius 3 is 2.57 bits per heavy atom. The fraction of sp³-hybridized carbons (Fsp3) is 0.111. The first-order valence-electron chi connectivity index (χ1n) is 3.64. The van der Waals surface area contributed by atoms with E-state index in [-0.39, 0.29) is 6.54 Å². The van der Waals surface area contributed by atoms with Gasteiger partial charge in [0, 0.05) is 9.94 Å². The molecule has 0 N–H and O–H groups in total. The van der Waals surface area contributed by atoms with Crippen LogP contribution < -0.4 is 0 Å². The number of allylic oxidation sites excluding steroid dienone is 3. The van der Waals surface area contributed by atoms with Crippen LogP contribution in [0.2, 0.25) is 0 Å². The lowest BCUT2D eigenvalue weighted by atomic mass is 10.4. The van der Waals surface area contributed by atoms with Crippen molar-refractivity contribution in [2.24, 2.45) is 5.11 Å². The van der Waals surface area contributed by atoms with E-state index in [1.54, 1.807) is 0 Å². The molecule has 0 aliphatic rings. The molecule has 0 atom stereocenters. The lowest BCUT2D eigenvalue weighted by Gasteiger charge is -2.04. The molecule has 14 heavy (non-hydrogen) atoms. The fourth-order valence-corrected chi connectivity index (χ4v) is 0.609. The molecule has 5 heteroatoms. The molecule has 0 aromatic carbocycles. The van der Waals surface area contributed by atoms with Gasteiger partial charge in [-0.15, -0.1) is 0 Å². The molecule has 0 aromatic heterocycles. The highest BCUT2D eigenvalue weighted by Gasteiger charge is 1.94. The number of nitrogens with zero attached hydrogens (tertiary/aromatic N) is 3. The highest BCUT2D eigenvalue weighted by molar-refractivity contribution is 6.30. The average molecular weight is 212 g/mol. The topological polar surface area (TPSA) is 58.0 Å². The van der Waals surface area contributed by atoms with Crippen molar-refractivity contribution in [1.29, 1.82) is 0 Å². The molecule has 0 saturated carbocycles. The van der Waals surface area contributed by atoms with E-state index in [2.05, 4.69) is 29.8 Å². The maximum Gasteiger partial charge on any atom is 0.119 e. The Kier molecular flexibility index (Phi) is 6.03. The molecule has 0 heterocycles. The minimum absolute atomic E-state index is 0.0746. The van der Waals surface area contributed by atoms with Crippen LogP contribution in [0, 0.1) is 0 Å². The van der Waals surface area contributed by atoms with Crippen molar-refractivity contribution in [2.75, 3.05) is 6.54 Å². The van der Waals surface area contributed by atoms with Crippen LogP contribution in [0.5, 0.6) is 0 Å². The first-order chi connectivity index (χ1) is 6.56. The van der Waals surface area contributed by atoms with Crippen molar-refractivity contribution in [3.05, 3.63) is 58.9 Å². The number of hydrogen-bond acceptors (Lipinski definition) is 2. The normalized spacial score (nSPS) is 9.21. The highest BCUT2D eigenvalue weighted by Crippen LogP contribution is 2.07. The van der Waals surface area contributed by atoms with Crippen LogP contribution >= 0.6 is 11.6 Å². The van der Waals surface area contributed by atoms with Crippen LogP contribution in [0.1, 0.15) is 0 Å². The molecular weight excluding hydrogens is 202 g/mol. The Hall–Kier alpha value is -1.64. The zero-order chi connectivity index (χ0) is 11.0. The quantitative estimate of drug-likeness (QED) is 0.218. The number of halogens is 1. The van der Waals surface area contributed by atoms with Crippen molar-refractivity contribution in [3.8, 4) is 0 Å². The second-order valence-corrected chi connectivity index (χ2v) is 2.76. The fourth-order valence-electron chi connectivity index (χ4n) is 0.546. The second kappa shape index (κ2) is 6.83. The summed E-state index contributed by atoms with van der Waals surface area (Å²) in [5.41, 5.74) is 8.02. The first kappa shape index (κ1) is 12.4. The average Bonchev–Trinajstić information content (AvgIpc) is 2.11. The summed E-state index contributed by atoms with van der Waals surface area (Å²) in [5, 5.41) is 3.64. The molecule has 0 aliphatic heterocycles. The summed E-state index contributed by atoms with van der Waals surface area (Å²) in [6, 6.07) is 0. The van der Waals surface area contributed by atoms with Crippen LogP contribution in [0.25, 0.3) is 10.4 Å². The van der Waals surface area contributed by atoms with Crippen LogP contribution in [0.3, 0.4) is 0 Å². The number of hydrogen-bond donors (Lipinski definition) is 0. The monoisotopic (exact) mass is 211 g/mol. The summed E-state index contributed by atoms with van der Waals surface area (Å²) in [6.07, 6.45) is 3.07. The van der Waals surface area contributed by atoms with E-state index in [4.69, 9.17) is 21.9 Å². The molecule has 0 fully saturated rings. The first-order valence-corrected chi connectivity index (χ1v) is 4.02. The zero-order valence-corrected chi connectivity index (χ0v) is 8.37. The molecule has 0 amide bonds. The van der Waals surface area contributed by atoms with E-state index in [9.17, 15) is 0 Å². The Morgan fingerprint density at radius 2 is 2.07 bits per heavy atom. The second-order valence-electron chi connectivity index (χ2n) is 2.28. The molecule has 0 aliphatic carbocycles. The van der Waals surface area contributed by atoms with Gasteiger partial charge in [0.2, 0.25) is 0 Å². The van der Waals surface area contributed by atoms with Gasteiger partial charge in [-0.25, -0.2) is 0 Å². The molecule has 0 spiro atoms. The van der Waals surface area contributed by atoms with Crippen LogP contribution in [0.15, 0.2) is 53.6 Å². The lowest BCUT2D eigenvalue weighted by molar-refractivity contribution is 0.319. The third-order valence-electron chi connectivity index (χ3n) is 1.04. The predicted octanol–water partition coefficient (Wildman–Crippen LogP) is 3.65. The predicted molar refractivity (Wildman–Crippen MR) is 57.5 cm³/mol. The molecule has 0 unspecified atom stereocenters. The lowest BCUT2D eigenvalue weighted by Crippen LogP contribution is -1.91. The maximum atomic E-state index is 8.02. The third kappa shape index (κ3) is 7.03. The van der Waals surface area contributed by atoms with Gasteiger partial charge < -0.3 is 4.74 Å². The van der Waals surface area contributed by atoms with Crippen LogP contribution in [-0.2, 0) is 4.74 Å². The van der Waals surface area contributed by atoms with Crippen molar-refractivity contribution in [3.63, 3.8) is 0 Å². The van der Waals surface area contributed by atoms with E-state index < -0.39 is 0 Å². The van der Waals surface area contributed by atoms with Crippen LogP contribution in [0.4, 0.5) is 0 Å². The molecule has 0 radical (unpaired) electrons. The molecule has 4 nitrogen and oxygen atoms in total. The Balaban J connectivity index is 4.00. The third-order valence-corrected chi connectivity index (χ3v) is 1.16. The van der Waals surface area contributed by atoms with E-state index in [1.165, 1.54) is 12.2 Å². The van der Waals surface area contributed by atoms with Gasteiger partial charge >= 0.3 is 0 Å². The van der Waals surface area contributed by atoms with Gasteiger partial charge in [-0.05, 0) is 17.7 Å². The molecule has 74 valence electrons. The summed E-state index contributed by atoms with van der Waals surface area (Å²) < 4.78 is 5.06. The van der Waals surface area contributed by atoms with E-state index >= 15 is 0 Å². The Labute approximate surface area is 87.5 Å². The molecular formula is C9H10ClN3O. The van der Waals surface area contributed by atoms with Gasteiger partial charge in [-0.2, -0.15) is 0 Å². The Bertz CT molecular complexity index is 327. The summed E-state index contributed by atoms with van der Waals surface area (Å²) in [7, 11) is 0. The Morgan fingerprint density at radius 1 is 1.43 bits per heavy atom. The van der Waals surface area contributed by atoms with E-state index in [0.29, 0.717) is 16.6 Å². The summed E-state index contributed by atoms with van der Waals surface area (Å²) in [4.78, 5) is 2.56. The number of azide groups is 1. The standard InChI is InChI=1S/C9H10ClN3O/c1-7(10)4-5-8(2)14-9(3)6-12-13-11/h4-5H,1-3,6H2/b5-4-. The molecule has 0 saturated heterocycles. The van der Waals surface area contributed by atoms with Gasteiger partial charge in [0.25, 0.3) is 0 Å². The minimum atomic E-state index is 0.0746. The van der Waals surface area contributed by atoms with E-state index in [0.717, 1.165) is 0 Å². The van der Waals surface area contributed by atoms with Crippen molar-refractivity contribution >= 4 is 11.6 Å². The highest BCUT2D eigenvalue weighted by atomic mass is 35.5.